The van der Waals surface area contributed by atoms with Crippen LogP contribution in [0.25, 0.3) is 0 Å². The number of rotatable bonds is 5. The van der Waals surface area contributed by atoms with Gasteiger partial charge in [-0.25, -0.2) is 0 Å². The molecule has 7 nitrogen and oxygen atoms in total. The lowest BCUT2D eigenvalue weighted by Crippen LogP contribution is -2.42. The van der Waals surface area contributed by atoms with Crippen molar-refractivity contribution in [2.24, 2.45) is 0 Å². The summed E-state index contributed by atoms with van der Waals surface area (Å²) < 4.78 is 5.32. The first-order chi connectivity index (χ1) is 11.7. The second kappa shape index (κ2) is 7.75. The number of nitrogens with one attached hydrogen (secondary N) is 1. The van der Waals surface area contributed by atoms with E-state index in [9.17, 15) is 9.59 Å². The Kier molecular flexibility index (Phi) is 5.45. The van der Waals surface area contributed by atoms with E-state index in [4.69, 9.17) is 10.00 Å². The fraction of sp³-hybridized carbons (Fsp3) is 0.562. The number of likely N-dealkylation sites (tertiary alicyclic amines) is 1. The summed E-state index contributed by atoms with van der Waals surface area (Å²) in [7, 11) is 0. The van der Waals surface area contributed by atoms with Gasteiger partial charge in [0, 0.05) is 44.5 Å². The van der Waals surface area contributed by atoms with Crippen molar-refractivity contribution in [1.29, 1.82) is 5.26 Å². The lowest BCUT2D eigenvalue weighted by Gasteiger charge is -2.28. The number of amides is 2. The lowest BCUT2D eigenvalue weighted by atomic mass is 10.2. The van der Waals surface area contributed by atoms with Crippen molar-refractivity contribution in [2.75, 3.05) is 45.9 Å². The minimum absolute atomic E-state index is 0.0810. The maximum Gasteiger partial charge on any atom is 0.261 e. The number of carbonyl (C=O) groups excluding carboxylic acids is 2. The monoisotopic (exact) mass is 348 g/mol. The van der Waals surface area contributed by atoms with Gasteiger partial charge in [-0.3, -0.25) is 14.5 Å². The first-order valence-electron chi connectivity index (χ1n) is 8.03. The molecular weight excluding hydrogens is 328 g/mol. The summed E-state index contributed by atoms with van der Waals surface area (Å²) in [4.78, 5) is 28.9. The molecule has 2 saturated heterocycles. The average Bonchev–Trinajstić information content (AvgIpc) is 3.20. The molecule has 3 rings (SSSR count). The van der Waals surface area contributed by atoms with Crippen molar-refractivity contribution in [3.63, 3.8) is 0 Å². The highest BCUT2D eigenvalue weighted by Gasteiger charge is 2.31. The molecule has 0 bridgehead atoms. The van der Waals surface area contributed by atoms with E-state index in [1.54, 1.807) is 11.4 Å². The minimum atomic E-state index is -0.214. The Hall–Kier alpha value is -1.95. The van der Waals surface area contributed by atoms with Crippen LogP contribution in [0.1, 0.15) is 21.7 Å². The third-order valence-corrected chi connectivity index (χ3v) is 5.22. The van der Waals surface area contributed by atoms with Gasteiger partial charge in [-0.15, -0.1) is 11.3 Å². The van der Waals surface area contributed by atoms with Crippen LogP contribution in [0.5, 0.6) is 0 Å². The van der Waals surface area contributed by atoms with E-state index in [2.05, 4.69) is 10.2 Å². The maximum atomic E-state index is 12.2. The van der Waals surface area contributed by atoms with E-state index in [0.29, 0.717) is 30.0 Å². The largest absolute Gasteiger partial charge is 0.379 e. The molecule has 1 N–H and O–H groups in total. The van der Waals surface area contributed by atoms with E-state index in [1.807, 2.05) is 11.0 Å². The van der Waals surface area contributed by atoms with Gasteiger partial charge in [0.05, 0.1) is 29.7 Å². The summed E-state index contributed by atoms with van der Waals surface area (Å²) in [5.74, 6) is -0.133. The van der Waals surface area contributed by atoms with Crippen LogP contribution in [0.15, 0.2) is 11.4 Å². The molecule has 2 fully saturated rings. The second-order valence-electron chi connectivity index (χ2n) is 5.98. The van der Waals surface area contributed by atoms with Crippen LogP contribution < -0.4 is 5.32 Å². The Labute approximate surface area is 144 Å². The summed E-state index contributed by atoms with van der Waals surface area (Å²) in [6.07, 6.45) is 0.339. The maximum absolute atomic E-state index is 12.2. The molecule has 8 heteroatoms. The molecule has 1 unspecified atom stereocenters. The zero-order valence-electron chi connectivity index (χ0n) is 13.4. The molecule has 0 spiro atoms. The molecule has 24 heavy (non-hydrogen) atoms. The van der Waals surface area contributed by atoms with Crippen molar-refractivity contribution >= 4 is 23.2 Å². The minimum Gasteiger partial charge on any atom is -0.379 e. The average molecular weight is 348 g/mol. The van der Waals surface area contributed by atoms with Gasteiger partial charge in [0.1, 0.15) is 6.07 Å². The highest BCUT2D eigenvalue weighted by molar-refractivity contribution is 7.12. The number of nitrogens with zero attached hydrogens (tertiary/aromatic N) is 3. The molecular formula is C16H20N4O3S. The summed E-state index contributed by atoms with van der Waals surface area (Å²) in [6, 6.07) is 3.42. The van der Waals surface area contributed by atoms with Gasteiger partial charge in [-0.1, -0.05) is 0 Å². The molecule has 2 amide bonds. The fourth-order valence-electron chi connectivity index (χ4n) is 2.94. The number of morpholine rings is 1. The molecule has 1 aromatic heterocycles. The van der Waals surface area contributed by atoms with Gasteiger partial charge in [0.25, 0.3) is 5.91 Å². The Morgan fingerprint density at radius 2 is 2.21 bits per heavy atom. The molecule has 128 valence electrons. The topological polar surface area (TPSA) is 85.7 Å². The molecule has 1 aromatic rings. The van der Waals surface area contributed by atoms with Gasteiger partial charge in [0.15, 0.2) is 0 Å². The SMILES string of the molecule is N#Cc1csc(C(=O)NC2CC(=O)N(CCN3CCOCC3)C2)c1. The van der Waals surface area contributed by atoms with Gasteiger partial charge in [0.2, 0.25) is 5.91 Å². The normalized spacial score (nSPS) is 21.7. The molecule has 0 aromatic carbocycles. The first-order valence-corrected chi connectivity index (χ1v) is 8.91. The predicted octanol–water partition coefficient (Wildman–Crippen LogP) is 0.283. The van der Waals surface area contributed by atoms with Crippen molar-refractivity contribution < 1.29 is 14.3 Å². The zero-order valence-corrected chi connectivity index (χ0v) is 14.2. The van der Waals surface area contributed by atoms with Gasteiger partial charge < -0.3 is 15.0 Å². The molecule has 2 aliphatic rings. The third-order valence-electron chi connectivity index (χ3n) is 4.29. The number of ether oxygens (including phenoxy) is 1. The van der Waals surface area contributed by atoms with Crippen LogP contribution in [0, 0.1) is 11.3 Å². The standard InChI is InChI=1S/C16H20N4O3S/c17-9-12-7-14(24-11-12)16(22)18-13-8-15(21)20(10-13)2-1-19-3-5-23-6-4-19/h7,11,13H,1-6,8,10H2,(H,18,22). The van der Waals surface area contributed by atoms with E-state index in [0.717, 1.165) is 32.8 Å². The summed E-state index contributed by atoms with van der Waals surface area (Å²) in [5.41, 5.74) is 0.486. The molecule has 2 aliphatic heterocycles. The third kappa shape index (κ3) is 4.12. The van der Waals surface area contributed by atoms with E-state index in [1.165, 1.54) is 11.3 Å². The Bertz CT molecular complexity index is 648. The molecule has 0 aliphatic carbocycles. The highest BCUT2D eigenvalue weighted by Crippen LogP contribution is 2.16. The van der Waals surface area contributed by atoms with E-state index >= 15 is 0 Å². The van der Waals surface area contributed by atoms with Crippen molar-refractivity contribution in [2.45, 2.75) is 12.5 Å². The molecule has 3 heterocycles. The number of carbonyl (C=O) groups is 2. The van der Waals surface area contributed by atoms with Gasteiger partial charge in [-0.2, -0.15) is 5.26 Å². The Balaban J connectivity index is 1.47. The smallest absolute Gasteiger partial charge is 0.261 e. The van der Waals surface area contributed by atoms with Crippen LogP contribution in [0.2, 0.25) is 0 Å². The van der Waals surface area contributed by atoms with Crippen molar-refractivity contribution in [3.8, 4) is 6.07 Å². The highest BCUT2D eigenvalue weighted by atomic mass is 32.1. The molecule has 0 radical (unpaired) electrons. The predicted molar refractivity (Wildman–Crippen MR) is 88.7 cm³/mol. The van der Waals surface area contributed by atoms with Crippen LogP contribution in [-0.2, 0) is 9.53 Å². The number of hydrogen-bond donors (Lipinski definition) is 1. The summed E-state index contributed by atoms with van der Waals surface area (Å²) in [6.45, 7) is 5.38. The number of nitriles is 1. The number of thiophene rings is 1. The summed E-state index contributed by atoms with van der Waals surface area (Å²) in [5, 5.41) is 13.4. The molecule has 1 atom stereocenters. The van der Waals surface area contributed by atoms with Crippen LogP contribution >= 0.6 is 11.3 Å². The Morgan fingerprint density at radius 1 is 1.42 bits per heavy atom. The van der Waals surface area contributed by atoms with E-state index < -0.39 is 0 Å². The fourth-order valence-corrected chi connectivity index (χ4v) is 3.68. The Morgan fingerprint density at radius 3 is 2.92 bits per heavy atom. The van der Waals surface area contributed by atoms with Crippen LogP contribution in [0.4, 0.5) is 0 Å². The zero-order chi connectivity index (χ0) is 16.9. The lowest BCUT2D eigenvalue weighted by molar-refractivity contribution is -0.128. The van der Waals surface area contributed by atoms with Gasteiger partial charge >= 0.3 is 0 Å². The van der Waals surface area contributed by atoms with E-state index in [-0.39, 0.29) is 17.9 Å². The van der Waals surface area contributed by atoms with Crippen LogP contribution in [0.3, 0.4) is 0 Å². The summed E-state index contributed by atoms with van der Waals surface area (Å²) >= 11 is 1.24. The molecule has 0 saturated carbocycles. The second-order valence-corrected chi connectivity index (χ2v) is 6.89. The van der Waals surface area contributed by atoms with Gasteiger partial charge in [-0.05, 0) is 6.07 Å². The van der Waals surface area contributed by atoms with Crippen LogP contribution in [-0.4, -0.2) is 73.6 Å². The quantitative estimate of drug-likeness (QED) is 0.826. The van der Waals surface area contributed by atoms with Crippen molar-refractivity contribution in [3.05, 3.63) is 21.9 Å². The van der Waals surface area contributed by atoms with Crippen molar-refractivity contribution in [1.82, 2.24) is 15.1 Å². The first kappa shape index (κ1) is 16.9. The number of hydrogen-bond acceptors (Lipinski definition) is 6.